The fraction of sp³-hybridized carbons (Fsp3) is 0.200. The molecule has 0 saturated carbocycles. The Bertz CT molecular complexity index is 780. The summed E-state index contributed by atoms with van der Waals surface area (Å²) in [5, 5.41) is 8.79. The number of pyridine rings is 1. The molecule has 0 atom stereocenters. The second-order valence-electron chi connectivity index (χ2n) is 4.82. The summed E-state index contributed by atoms with van der Waals surface area (Å²) in [7, 11) is 0. The van der Waals surface area contributed by atoms with E-state index in [-0.39, 0.29) is 18.7 Å². The molecule has 0 aliphatic rings. The van der Waals surface area contributed by atoms with Crippen LogP contribution in [0.2, 0.25) is 0 Å². The predicted molar refractivity (Wildman–Crippen MR) is 78.4 cm³/mol. The Hall–Kier alpha value is -2.60. The summed E-state index contributed by atoms with van der Waals surface area (Å²) in [6.45, 7) is 0.502. The largest absolute Gasteiger partial charge is 0.325 e. The highest BCUT2D eigenvalue weighted by molar-refractivity contribution is 5.82. The van der Waals surface area contributed by atoms with Gasteiger partial charge in [-0.1, -0.05) is 29.5 Å². The summed E-state index contributed by atoms with van der Waals surface area (Å²) >= 11 is 0. The molecule has 0 bridgehead atoms. The molecule has 21 heavy (non-hydrogen) atoms. The van der Waals surface area contributed by atoms with Crippen LogP contribution in [0.1, 0.15) is 11.4 Å². The number of benzene rings is 1. The molecule has 0 fully saturated rings. The number of hydrogen-bond donors (Lipinski definition) is 1. The first kappa shape index (κ1) is 13.4. The van der Waals surface area contributed by atoms with Crippen LogP contribution in [-0.2, 0) is 24.3 Å². The first-order chi connectivity index (χ1) is 10.2. The van der Waals surface area contributed by atoms with Gasteiger partial charge in [-0.15, -0.1) is 5.10 Å². The van der Waals surface area contributed by atoms with E-state index in [0.29, 0.717) is 12.2 Å². The molecule has 0 aliphatic carbocycles. The molecule has 6 nitrogen and oxygen atoms in total. The second-order valence-corrected chi connectivity index (χ2v) is 4.82. The maximum absolute atomic E-state index is 12.1. The van der Waals surface area contributed by atoms with Crippen molar-refractivity contribution in [2.75, 3.05) is 0 Å². The van der Waals surface area contributed by atoms with E-state index in [1.807, 2.05) is 36.4 Å². The normalized spacial score (nSPS) is 10.9. The molecule has 0 aliphatic heterocycles. The lowest BCUT2D eigenvalue weighted by molar-refractivity contribution is -0.119. The molecule has 0 unspecified atom stereocenters. The number of carbonyl (C=O) groups is 1. The zero-order valence-electron chi connectivity index (χ0n) is 11.4. The Balaban J connectivity index is 1.70. The fourth-order valence-corrected chi connectivity index (χ4v) is 2.15. The maximum Gasteiger partial charge on any atom is 0.160 e. The third-order valence-electron chi connectivity index (χ3n) is 3.17. The molecule has 106 valence electrons. The summed E-state index contributed by atoms with van der Waals surface area (Å²) in [5.74, 6) is 0.0336. The predicted octanol–water partition coefficient (Wildman–Crippen LogP) is 1.10. The van der Waals surface area contributed by atoms with Gasteiger partial charge in [0.05, 0.1) is 23.8 Å². The molecule has 0 saturated heterocycles. The Morgan fingerprint density at radius 2 is 2.00 bits per heavy atom. The van der Waals surface area contributed by atoms with E-state index in [9.17, 15) is 4.79 Å². The molecular weight excluding hydrogens is 266 g/mol. The SMILES string of the molecule is NCc1cn(CC(=O)Cc2ccc3ccccc3n2)nn1. The quantitative estimate of drug-likeness (QED) is 0.756. The molecule has 2 N–H and O–H groups in total. The number of carbonyl (C=O) groups excluding carboxylic acids is 1. The van der Waals surface area contributed by atoms with Crippen LogP contribution < -0.4 is 5.73 Å². The minimum Gasteiger partial charge on any atom is -0.325 e. The van der Waals surface area contributed by atoms with Gasteiger partial charge in [0.2, 0.25) is 0 Å². The summed E-state index contributed by atoms with van der Waals surface area (Å²) in [5.41, 5.74) is 7.79. The van der Waals surface area contributed by atoms with Crippen molar-refractivity contribution in [2.24, 2.45) is 5.73 Å². The van der Waals surface area contributed by atoms with E-state index in [2.05, 4.69) is 15.3 Å². The lowest BCUT2D eigenvalue weighted by Crippen LogP contribution is -2.13. The Morgan fingerprint density at radius 3 is 2.81 bits per heavy atom. The lowest BCUT2D eigenvalue weighted by atomic mass is 10.1. The van der Waals surface area contributed by atoms with Crippen LogP contribution in [0.4, 0.5) is 0 Å². The van der Waals surface area contributed by atoms with Crippen LogP contribution >= 0.6 is 0 Å². The lowest BCUT2D eigenvalue weighted by Gasteiger charge is -2.03. The summed E-state index contributed by atoms with van der Waals surface area (Å²) in [6.07, 6.45) is 1.97. The molecule has 3 rings (SSSR count). The van der Waals surface area contributed by atoms with E-state index < -0.39 is 0 Å². The third kappa shape index (κ3) is 3.11. The van der Waals surface area contributed by atoms with Gasteiger partial charge in [-0.25, -0.2) is 4.68 Å². The minimum atomic E-state index is 0.0336. The number of ketones is 1. The average Bonchev–Trinajstić information content (AvgIpc) is 2.94. The number of rotatable bonds is 5. The standard InChI is InChI=1S/C15H15N5O/c16-8-13-9-20(19-18-13)10-14(21)7-12-6-5-11-3-1-2-4-15(11)17-12/h1-6,9H,7-8,10,16H2. The van der Waals surface area contributed by atoms with Crippen LogP contribution in [-0.4, -0.2) is 25.8 Å². The van der Waals surface area contributed by atoms with Crippen molar-refractivity contribution >= 4 is 16.7 Å². The van der Waals surface area contributed by atoms with Crippen molar-refractivity contribution in [2.45, 2.75) is 19.5 Å². The number of fused-ring (bicyclic) bond motifs is 1. The van der Waals surface area contributed by atoms with E-state index in [0.717, 1.165) is 16.6 Å². The number of para-hydroxylation sites is 1. The van der Waals surface area contributed by atoms with Gasteiger partial charge >= 0.3 is 0 Å². The molecule has 0 radical (unpaired) electrons. The van der Waals surface area contributed by atoms with Gasteiger partial charge in [-0.3, -0.25) is 9.78 Å². The summed E-state index contributed by atoms with van der Waals surface area (Å²) < 4.78 is 1.51. The first-order valence-corrected chi connectivity index (χ1v) is 6.70. The van der Waals surface area contributed by atoms with Gasteiger partial charge in [0, 0.05) is 17.6 Å². The highest BCUT2D eigenvalue weighted by Crippen LogP contribution is 2.12. The molecule has 2 aromatic heterocycles. The molecule has 2 heterocycles. The van der Waals surface area contributed by atoms with Gasteiger partial charge in [0.1, 0.15) is 6.54 Å². The van der Waals surface area contributed by atoms with Crippen molar-refractivity contribution in [3.63, 3.8) is 0 Å². The maximum atomic E-state index is 12.1. The summed E-state index contributed by atoms with van der Waals surface area (Å²) in [4.78, 5) is 16.5. The van der Waals surface area contributed by atoms with E-state index >= 15 is 0 Å². The molecular formula is C15H15N5O. The van der Waals surface area contributed by atoms with Crippen LogP contribution in [0.25, 0.3) is 10.9 Å². The topological polar surface area (TPSA) is 86.7 Å². The number of hydrogen-bond acceptors (Lipinski definition) is 5. The Morgan fingerprint density at radius 1 is 1.14 bits per heavy atom. The monoisotopic (exact) mass is 281 g/mol. The molecule has 0 spiro atoms. The number of aromatic nitrogens is 4. The molecule has 0 amide bonds. The summed E-state index contributed by atoms with van der Waals surface area (Å²) in [6, 6.07) is 11.7. The number of Topliss-reactive ketones (excluding diaryl/α,β-unsaturated/α-hetero) is 1. The second kappa shape index (κ2) is 5.80. The van der Waals surface area contributed by atoms with Gasteiger partial charge in [0.15, 0.2) is 5.78 Å². The van der Waals surface area contributed by atoms with E-state index in [4.69, 9.17) is 5.73 Å². The van der Waals surface area contributed by atoms with Crippen molar-refractivity contribution < 1.29 is 4.79 Å². The van der Waals surface area contributed by atoms with Gasteiger partial charge in [-0.2, -0.15) is 0 Å². The van der Waals surface area contributed by atoms with Crippen LogP contribution in [0.3, 0.4) is 0 Å². The highest BCUT2D eigenvalue weighted by atomic mass is 16.1. The van der Waals surface area contributed by atoms with Crippen molar-refractivity contribution in [1.82, 2.24) is 20.0 Å². The molecule has 3 aromatic rings. The zero-order valence-corrected chi connectivity index (χ0v) is 11.4. The van der Waals surface area contributed by atoms with Crippen LogP contribution in [0.5, 0.6) is 0 Å². The van der Waals surface area contributed by atoms with Crippen molar-refractivity contribution in [3.05, 3.63) is 54.0 Å². The minimum absolute atomic E-state index is 0.0336. The zero-order chi connectivity index (χ0) is 14.7. The Labute approximate surface area is 121 Å². The Kier molecular flexibility index (Phi) is 3.70. The fourth-order valence-electron chi connectivity index (χ4n) is 2.15. The first-order valence-electron chi connectivity index (χ1n) is 6.70. The van der Waals surface area contributed by atoms with Gasteiger partial charge < -0.3 is 5.73 Å². The number of nitrogens with two attached hydrogens (primary N) is 1. The third-order valence-corrected chi connectivity index (χ3v) is 3.17. The van der Waals surface area contributed by atoms with Crippen LogP contribution in [0.15, 0.2) is 42.6 Å². The van der Waals surface area contributed by atoms with Crippen molar-refractivity contribution in [3.8, 4) is 0 Å². The van der Waals surface area contributed by atoms with Crippen LogP contribution in [0, 0.1) is 0 Å². The molecule has 1 aromatic carbocycles. The highest BCUT2D eigenvalue weighted by Gasteiger charge is 2.08. The smallest absolute Gasteiger partial charge is 0.160 e. The van der Waals surface area contributed by atoms with Crippen molar-refractivity contribution in [1.29, 1.82) is 0 Å². The van der Waals surface area contributed by atoms with Gasteiger partial charge in [0.25, 0.3) is 0 Å². The average molecular weight is 281 g/mol. The molecule has 6 heteroatoms. The number of nitrogens with zero attached hydrogens (tertiary/aromatic N) is 4. The van der Waals surface area contributed by atoms with Gasteiger partial charge in [-0.05, 0) is 12.1 Å². The van der Waals surface area contributed by atoms with E-state index in [1.165, 1.54) is 4.68 Å². The van der Waals surface area contributed by atoms with E-state index in [1.54, 1.807) is 6.20 Å².